The number of benzene rings is 1. The van der Waals surface area contributed by atoms with Gasteiger partial charge in [0, 0.05) is 22.7 Å². The summed E-state index contributed by atoms with van der Waals surface area (Å²) < 4.78 is 5.21. The van der Waals surface area contributed by atoms with Crippen molar-refractivity contribution < 1.29 is 9.53 Å². The molecule has 19 heavy (non-hydrogen) atoms. The molecule has 1 N–H and O–H groups in total. The number of nitrogens with one attached hydrogen (secondary N) is 1. The standard InChI is InChI=1S/C14H17Cl2NO2/c1-9(17-14(18)10-5-6-19-8-10)7-11-12(15)3-2-4-13(11)16/h2-4,9-10H,5-8H2,1H3,(H,17,18)/t9-,10+/m1/s1. The zero-order chi connectivity index (χ0) is 13.8. The second-order valence-corrected chi connectivity index (χ2v) is 5.69. The maximum Gasteiger partial charge on any atom is 0.225 e. The summed E-state index contributed by atoms with van der Waals surface area (Å²) in [7, 11) is 0. The summed E-state index contributed by atoms with van der Waals surface area (Å²) in [6, 6.07) is 5.42. The fourth-order valence-corrected chi connectivity index (χ4v) is 2.74. The highest BCUT2D eigenvalue weighted by molar-refractivity contribution is 6.36. The summed E-state index contributed by atoms with van der Waals surface area (Å²) in [5.74, 6) is 0.0253. The maximum absolute atomic E-state index is 12.0. The Labute approximate surface area is 123 Å². The molecule has 2 atom stereocenters. The average Bonchev–Trinajstić information content (AvgIpc) is 2.88. The van der Waals surface area contributed by atoms with E-state index in [1.165, 1.54) is 0 Å². The predicted molar refractivity (Wildman–Crippen MR) is 76.7 cm³/mol. The van der Waals surface area contributed by atoms with E-state index in [0.717, 1.165) is 12.0 Å². The lowest BCUT2D eigenvalue weighted by atomic mass is 10.0. The highest BCUT2D eigenvalue weighted by Gasteiger charge is 2.24. The third-order valence-corrected chi connectivity index (χ3v) is 3.97. The highest BCUT2D eigenvalue weighted by Crippen LogP contribution is 2.25. The summed E-state index contributed by atoms with van der Waals surface area (Å²) in [6.45, 7) is 3.14. The molecule has 0 aliphatic carbocycles. The smallest absolute Gasteiger partial charge is 0.225 e. The fraction of sp³-hybridized carbons (Fsp3) is 0.500. The molecule has 0 saturated carbocycles. The van der Waals surface area contributed by atoms with Crippen molar-refractivity contribution in [3.63, 3.8) is 0 Å². The third kappa shape index (κ3) is 3.85. The number of carbonyl (C=O) groups is 1. The molecule has 1 fully saturated rings. The van der Waals surface area contributed by atoms with E-state index in [1.54, 1.807) is 0 Å². The molecule has 5 heteroatoms. The minimum atomic E-state index is -0.0239. The number of rotatable bonds is 4. The van der Waals surface area contributed by atoms with Gasteiger partial charge in [0.15, 0.2) is 0 Å². The first-order valence-electron chi connectivity index (χ1n) is 6.39. The van der Waals surface area contributed by atoms with Crippen molar-refractivity contribution in [1.29, 1.82) is 0 Å². The molecule has 2 rings (SSSR count). The number of ether oxygens (including phenoxy) is 1. The van der Waals surface area contributed by atoms with Crippen molar-refractivity contribution in [3.05, 3.63) is 33.8 Å². The quantitative estimate of drug-likeness (QED) is 0.928. The SMILES string of the molecule is C[C@H](Cc1c(Cl)cccc1Cl)NC(=O)[C@H]1CCOC1. The van der Waals surface area contributed by atoms with E-state index in [-0.39, 0.29) is 17.9 Å². The Balaban J connectivity index is 1.93. The van der Waals surface area contributed by atoms with Crippen LogP contribution in [0.15, 0.2) is 18.2 Å². The second-order valence-electron chi connectivity index (χ2n) is 4.87. The molecule has 0 bridgehead atoms. The second kappa shape index (κ2) is 6.60. The minimum absolute atomic E-state index is 0.00880. The molecule has 1 heterocycles. The van der Waals surface area contributed by atoms with Crippen LogP contribution in [0.3, 0.4) is 0 Å². The van der Waals surface area contributed by atoms with Crippen molar-refractivity contribution in [2.45, 2.75) is 25.8 Å². The van der Waals surface area contributed by atoms with E-state index in [1.807, 2.05) is 25.1 Å². The molecule has 1 aromatic carbocycles. The molecule has 104 valence electrons. The first-order chi connectivity index (χ1) is 9.08. The molecule has 3 nitrogen and oxygen atoms in total. The summed E-state index contributed by atoms with van der Waals surface area (Å²) in [6.07, 6.45) is 1.42. The lowest BCUT2D eigenvalue weighted by molar-refractivity contribution is -0.125. The maximum atomic E-state index is 12.0. The van der Waals surface area contributed by atoms with Crippen LogP contribution in [0.4, 0.5) is 0 Å². The van der Waals surface area contributed by atoms with Crippen LogP contribution in [0.25, 0.3) is 0 Å². The molecule has 1 amide bonds. The third-order valence-electron chi connectivity index (χ3n) is 3.26. The van der Waals surface area contributed by atoms with Gasteiger partial charge in [-0.3, -0.25) is 4.79 Å². The number of hydrogen-bond acceptors (Lipinski definition) is 2. The fourth-order valence-electron chi connectivity index (χ4n) is 2.19. The van der Waals surface area contributed by atoms with Crippen molar-refractivity contribution in [3.8, 4) is 0 Å². The van der Waals surface area contributed by atoms with Gasteiger partial charge in [0.1, 0.15) is 0 Å². The van der Waals surface area contributed by atoms with E-state index in [9.17, 15) is 4.79 Å². The molecule has 1 aliphatic rings. The molecule has 0 unspecified atom stereocenters. The highest BCUT2D eigenvalue weighted by atomic mass is 35.5. The number of hydrogen-bond donors (Lipinski definition) is 1. The Morgan fingerprint density at radius 2 is 2.16 bits per heavy atom. The zero-order valence-corrected chi connectivity index (χ0v) is 12.3. The normalized spacial score (nSPS) is 20.3. The van der Waals surface area contributed by atoms with Gasteiger partial charge in [-0.1, -0.05) is 29.3 Å². The number of carbonyl (C=O) groups excluding carboxylic acids is 1. The molecule has 1 aromatic rings. The lowest BCUT2D eigenvalue weighted by Gasteiger charge is -2.17. The predicted octanol–water partition coefficient (Wildman–Crippen LogP) is 3.08. The Morgan fingerprint density at radius 1 is 1.47 bits per heavy atom. The zero-order valence-electron chi connectivity index (χ0n) is 10.8. The van der Waals surface area contributed by atoms with E-state index in [4.69, 9.17) is 27.9 Å². The number of halogens is 2. The van der Waals surface area contributed by atoms with Crippen molar-refractivity contribution in [2.75, 3.05) is 13.2 Å². The van der Waals surface area contributed by atoms with Crippen LogP contribution in [0.2, 0.25) is 10.0 Å². The van der Waals surface area contributed by atoms with Crippen LogP contribution in [-0.2, 0) is 16.0 Å². The van der Waals surface area contributed by atoms with Crippen LogP contribution in [-0.4, -0.2) is 25.2 Å². The van der Waals surface area contributed by atoms with Crippen molar-refractivity contribution in [1.82, 2.24) is 5.32 Å². The Kier molecular flexibility index (Phi) is 5.08. The molecular formula is C14H17Cl2NO2. The molecule has 1 aliphatic heterocycles. The van der Waals surface area contributed by atoms with Gasteiger partial charge in [0.2, 0.25) is 5.91 Å². The van der Waals surface area contributed by atoms with Gasteiger partial charge in [-0.25, -0.2) is 0 Å². The van der Waals surface area contributed by atoms with Gasteiger partial charge in [0.05, 0.1) is 12.5 Å². The molecule has 1 saturated heterocycles. The van der Waals surface area contributed by atoms with Crippen LogP contribution in [0.1, 0.15) is 18.9 Å². The molecule has 0 radical (unpaired) electrons. The van der Waals surface area contributed by atoms with E-state index >= 15 is 0 Å². The first-order valence-corrected chi connectivity index (χ1v) is 7.14. The Hall–Kier alpha value is -0.770. The summed E-state index contributed by atoms with van der Waals surface area (Å²) in [5, 5.41) is 4.26. The summed E-state index contributed by atoms with van der Waals surface area (Å²) >= 11 is 12.2. The van der Waals surface area contributed by atoms with Crippen LogP contribution in [0, 0.1) is 5.92 Å². The summed E-state index contributed by atoms with van der Waals surface area (Å²) in [5.41, 5.74) is 0.876. The number of amides is 1. The molecule has 0 aromatic heterocycles. The molecule has 0 spiro atoms. The van der Waals surface area contributed by atoms with E-state index < -0.39 is 0 Å². The Morgan fingerprint density at radius 3 is 2.74 bits per heavy atom. The van der Waals surface area contributed by atoms with Gasteiger partial charge in [-0.2, -0.15) is 0 Å². The van der Waals surface area contributed by atoms with Gasteiger partial charge in [0.25, 0.3) is 0 Å². The molecular weight excluding hydrogens is 285 g/mol. The lowest BCUT2D eigenvalue weighted by Crippen LogP contribution is -2.38. The van der Waals surface area contributed by atoms with Crippen LogP contribution in [0.5, 0.6) is 0 Å². The van der Waals surface area contributed by atoms with Crippen LogP contribution >= 0.6 is 23.2 Å². The monoisotopic (exact) mass is 301 g/mol. The van der Waals surface area contributed by atoms with Crippen LogP contribution < -0.4 is 5.32 Å². The summed E-state index contributed by atoms with van der Waals surface area (Å²) in [4.78, 5) is 12.0. The topological polar surface area (TPSA) is 38.3 Å². The van der Waals surface area contributed by atoms with Gasteiger partial charge < -0.3 is 10.1 Å². The van der Waals surface area contributed by atoms with Crippen molar-refractivity contribution >= 4 is 29.1 Å². The first kappa shape index (κ1) is 14.6. The van der Waals surface area contributed by atoms with Gasteiger partial charge in [-0.05, 0) is 37.5 Å². The van der Waals surface area contributed by atoms with E-state index in [0.29, 0.717) is 29.7 Å². The van der Waals surface area contributed by atoms with Gasteiger partial charge in [-0.15, -0.1) is 0 Å². The minimum Gasteiger partial charge on any atom is -0.381 e. The van der Waals surface area contributed by atoms with E-state index in [2.05, 4.69) is 5.32 Å². The van der Waals surface area contributed by atoms with Gasteiger partial charge >= 0.3 is 0 Å². The van der Waals surface area contributed by atoms with Crippen molar-refractivity contribution in [2.24, 2.45) is 5.92 Å². The average molecular weight is 302 g/mol. The largest absolute Gasteiger partial charge is 0.381 e. The Bertz CT molecular complexity index is 439.